The third-order valence-corrected chi connectivity index (χ3v) is 11.7. The molecule has 59 heavy (non-hydrogen) atoms. The van der Waals surface area contributed by atoms with Crippen LogP contribution in [0.25, 0.3) is 0 Å². The summed E-state index contributed by atoms with van der Waals surface area (Å²) in [6.45, 7) is 5.12. The number of likely N-dealkylation sites (N-methyl/N-ethyl adjacent to an activating group) is 1. The first-order valence-corrected chi connectivity index (χ1v) is 25.5. The van der Waals surface area contributed by atoms with Gasteiger partial charge >= 0.3 is 11.9 Å². The van der Waals surface area contributed by atoms with Crippen molar-refractivity contribution in [3.63, 3.8) is 0 Å². The third-order valence-electron chi connectivity index (χ3n) is 10.8. The maximum Gasteiger partial charge on any atom is 0.306 e. The quantitative estimate of drug-likeness (QED) is 0.0270. The zero-order valence-electron chi connectivity index (χ0n) is 38.6. The van der Waals surface area contributed by atoms with Crippen LogP contribution in [0.2, 0.25) is 0 Å². The van der Waals surface area contributed by atoms with Crippen LogP contribution in [0.4, 0.5) is 0 Å². The van der Waals surface area contributed by atoms with Crippen LogP contribution >= 0.6 is 7.82 Å². The van der Waals surface area contributed by atoms with E-state index in [1.54, 1.807) is 0 Å². The highest BCUT2D eigenvalue weighted by atomic mass is 31.2. The van der Waals surface area contributed by atoms with Gasteiger partial charge in [0, 0.05) is 25.6 Å². The van der Waals surface area contributed by atoms with Gasteiger partial charge in [-0.3, -0.25) is 18.8 Å². The number of ether oxygens (including phenoxy) is 2. The van der Waals surface area contributed by atoms with Crippen LogP contribution in [-0.2, 0) is 45.6 Å². The number of carbonyl (C=O) groups excluding carboxylic acids is 2. The van der Waals surface area contributed by atoms with E-state index in [1.165, 1.54) is 128 Å². The van der Waals surface area contributed by atoms with Crippen LogP contribution in [-0.4, -0.2) is 85.0 Å². The van der Waals surface area contributed by atoms with Crippen LogP contribution in [0.5, 0.6) is 0 Å². The lowest BCUT2D eigenvalue weighted by molar-refractivity contribution is -0.870. The average Bonchev–Trinajstić information content (AvgIpc) is 3.64. The van der Waals surface area contributed by atoms with Crippen LogP contribution in [0.1, 0.15) is 212 Å². The molecule has 0 aliphatic carbocycles. The Hall–Kier alpha value is -1.85. The van der Waals surface area contributed by atoms with Crippen molar-refractivity contribution in [2.75, 3.05) is 47.5 Å². The molecule has 0 fully saturated rings. The highest BCUT2D eigenvalue weighted by molar-refractivity contribution is 7.45. The molecule has 1 unspecified atom stereocenters. The molecule has 0 aliphatic rings. The molecule has 0 aliphatic heterocycles. The number of aromatic nitrogens is 3. The van der Waals surface area contributed by atoms with Crippen LogP contribution in [0.15, 0.2) is 6.20 Å². The minimum atomic E-state index is -4.63. The topological polar surface area (TPSA) is 142 Å². The first-order valence-electron chi connectivity index (χ1n) is 24.1. The number of quaternary nitrogens is 1. The minimum absolute atomic E-state index is 0.0347. The molecule has 0 bridgehead atoms. The number of hydrogen-bond donors (Lipinski definition) is 0. The van der Waals surface area contributed by atoms with E-state index in [0.717, 1.165) is 63.6 Å². The average molecular weight is 857 g/mol. The summed E-state index contributed by atoms with van der Waals surface area (Å²) >= 11 is 0. The monoisotopic (exact) mass is 857 g/mol. The van der Waals surface area contributed by atoms with E-state index in [2.05, 4.69) is 30.4 Å². The smallest absolute Gasteiger partial charge is 0.306 e. The van der Waals surface area contributed by atoms with Gasteiger partial charge in [0.15, 0.2) is 6.10 Å². The SMILES string of the molecule is CCCCCCCCCCCCCCCC(=O)OC[C@H](COP(=O)([O-])OCC[N+](C)(C)C)OC(=O)CCCCCCCCCCCn1cc(CCCCCCCC)nn1. The van der Waals surface area contributed by atoms with Crippen molar-refractivity contribution in [3.8, 4) is 0 Å². The molecule has 0 spiro atoms. The summed E-state index contributed by atoms with van der Waals surface area (Å²) in [4.78, 5) is 37.6. The van der Waals surface area contributed by atoms with E-state index in [4.69, 9.17) is 18.5 Å². The van der Waals surface area contributed by atoms with Crippen molar-refractivity contribution in [1.82, 2.24) is 15.0 Å². The number of phosphoric acid groups is 1. The van der Waals surface area contributed by atoms with E-state index < -0.39 is 26.5 Å². The summed E-state index contributed by atoms with van der Waals surface area (Å²) in [7, 11) is 1.15. The molecule has 12 nitrogen and oxygen atoms in total. The van der Waals surface area contributed by atoms with E-state index >= 15 is 0 Å². The van der Waals surface area contributed by atoms with Gasteiger partial charge in [-0.2, -0.15) is 0 Å². The van der Waals surface area contributed by atoms with Gasteiger partial charge in [0.1, 0.15) is 19.8 Å². The summed E-state index contributed by atoms with van der Waals surface area (Å²) in [5, 5.41) is 8.66. The Morgan fingerprint density at radius 2 is 1.10 bits per heavy atom. The Morgan fingerprint density at radius 1 is 0.644 bits per heavy atom. The van der Waals surface area contributed by atoms with Crippen molar-refractivity contribution in [1.29, 1.82) is 0 Å². The number of hydrogen-bond acceptors (Lipinski definition) is 10. The van der Waals surface area contributed by atoms with E-state index in [9.17, 15) is 19.0 Å². The summed E-state index contributed by atoms with van der Waals surface area (Å²) in [5.74, 6) is -0.846. The molecule has 0 N–H and O–H groups in total. The number of unbranched alkanes of at least 4 members (excludes halogenated alkanes) is 25. The molecular formula is C46H89N4O8P. The van der Waals surface area contributed by atoms with E-state index in [0.29, 0.717) is 17.4 Å². The highest BCUT2D eigenvalue weighted by Crippen LogP contribution is 2.38. The standard InChI is InChI=1S/C46H89N4O8P/c1-6-8-10-12-14-15-16-17-18-20-23-27-31-35-45(51)55-41-44(42-57-59(53,54)56-39-38-50(3,4)5)58-46(52)36-32-28-24-21-19-22-25-29-33-37-49-40-43(47-48-49)34-30-26-13-11-9-7-2/h40,44H,6-39,41-42H2,1-5H3/t44-/m1/s1. The molecule has 1 heterocycles. The minimum Gasteiger partial charge on any atom is -0.756 e. The fraction of sp³-hybridized carbons (Fsp3) is 0.913. The molecule has 1 rings (SSSR count). The number of aryl methyl sites for hydroxylation is 2. The van der Waals surface area contributed by atoms with Crippen molar-refractivity contribution >= 4 is 19.8 Å². The highest BCUT2D eigenvalue weighted by Gasteiger charge is 2.21. The maximum atomic E-state index is 12.7. The van der Waals surface area contributed by atoms with Gasteiger partial charge in [0.05, 0.1) is 33.4 Å². The zero-order valence-corrected chi connectivity index (χ0v) is 39.5. The first kappa shape index (κ1) is 55.2. The molecular weight excluding hydrogens is 767 g/mol. The molecule has 13 heteroatoms. The van der Waals surface area contributed by atoms with Crippen LogP contribution in [0.3, 0.4) is 0 Å². The molecule has 1 aromatic heterocycles. The molecule has 346 valence electrons. The van der Waals surface area contributed by atoms with Crippen LogP contribution in [0, 0.1) is 0 Å². The van der Waals surface area contributed by atoms with Gasteiger partial charge < -0.3 is 27.9 Å². The van der Waals surface area contributed by atoms with Gasteiger partial charge in [-0.15, -0.1) is 5.10 Å². The lowest BCUT2D eigenvalue weighted by Crippen LogP contribution is -2.37. The van der Waals surface area contributed by atoms with E-state index in [-0.39, 0.29) is 32.0 Å². The Balaban J connectivity index is 2.26. The van der Waals surface area contributed by atoms with Crippen molar-refractivity contribution in [2.24, 2.45) is 0 Å². The summed E-state index contributed by atoms with van der Waals surface area (Å²) < 4.78 is 36.0. The molecule has 0 saturated heterocycles. The van der Waals surface area contributed by atoms with Crippen molar-refractivity contribution < 1.29 is 42.1 Å². The largest absolute Gasteiger partial charge is 0.756 e. The van der Waals surface area contributed by atoms with Gasteiger partial charge in [-0.1, -0.05) is 173 Å². The first-order chi connectivity index (χ1) is 28.4. The second-order valence-corrected chi connectivity index (χ2v) is 19.2. The second-order valence-electron chi connectivity index (χ2n) is 17.8. The number of carbonyl (C=O) groups is 2. The Kier molecular flexibility index (Phi) is 34.4. The number of nitrogens with zero attached hydrogens (tertiary/aromatic N) is 4. The normalized spacial score (nSPS) is 13.4. The molecule has 0 aromatic carbocycles. The van der Waals surface area contributed by atoms with Gasteiger partial charge in [-0.05, 0) is 32.1 Å². The molecule has 0 amide bonds. The summed E-state index contributed by atoms with van der Waals surface area (Å²) in [6.07, 6.45) is 35.8. The van der Waals surface area contributed by atoms with Gasteiger partial charge in [0.25, 0.3) is 7.82 Å². The summed E-state index contributed by atoms with van der Waals surface area (Å²) in [6, 6.07) is 0. The Bertz CT molecular complexity index is 1190. The molecule has 0 radical (unpaired) electrons. The number of esters is 2. The number of phosphoric ester groups is 1. The second kappa shape index (κ2) is 36.8. The lowest BCUT2D eigenvalue weighted by Gasteiger charge is -2.28. The predicted molar refractivity (Wildman–Crippen MR) is 237 cm³/mol. The number of rotatable bonds is 43. The van der Waals surface area contributed by atoms with Crippen molar-refractivity contribution in [2.45, 2.75) is 226 Å². The fourth-order valence-corrected chi connectivity index (χ4v) is 7.70. The molecule has 0 saturated carbocycles. The lowest BCUT2D eigenvalue weighted by atomic mass is 10.0. The summed E-state index contributed by atoms with van der Waals surface area (Å²) in [5.41, 5.74) is 1.11. The van der Waals surface area contributed by atoms with Crippen molar-refractivity contribution in [3.05, 3.63) is 11.9 Å². The fourth-order valence-electron chi connectivity index (χ4n) is 6.97. The predicted octanol–water partition coefficient (Wildman–Crippen LogP) is 11.2. The maximum absolute atomic E-state index is 12.7. The third kappa shape index (κ3) is 36.5. The Labute approximate surface area is 360 Å². The van der Waals surface area contributed by atoms with E-state index in [1.807, 2.05) is 25.8 Å². The van der Waals surface area contributed by atoms with Gasteiger partial charge in [-0.25, -0.2) is 0 Å². The Morgan fingerprint density at radius 3 is 1.61 bits per heavy atom. The zero-order chi connectivity index (χ0) is 43.3. The molecule has 2 atom stereocenters. The van der Waals surface area contributed by atoms with Gasteiger partial charge in [0.2, 0.25) is 0 Å². The molecule has 1 aromatic rings. The van der Waals surface area contributed by atoms with Crippen LogP contribution < -0.4 is 4.89 Å².